The van der Waals surface area contributed by atoms with Crippen LogP contribution in [-0.2, 0) is 13.0 Å². The van der Waals surface area contributed by atoms with Crippen molar-refractivity contribution in [3.8, 4) is 0 Å². The lowest BCUT2D eigenvalue weighted by Crippen LogP contribution is -2.51. The Labute approximate surface area is 150 Å². The highest BCUT2D eigenvalue weighted by molar-refractivity contribution is 5.16. The second kappa shape index (κ2) is 9.11. The molecular weight excluding hydrogens is 310 g/mol. The third-order valence-electron chi connectivity index (χ3n) is 4.97. The topological polar surface area (TPSA) is 52.7 Å². The first-order valence-corrected chi connectivity index (χ1v) is 9.17. The predicted octanol–water partition coefficient (Wildman–Crippen LogP) is 1.74. The van der Waals surface area contributed by atoms with Crippen LogP contribution in [0.4, 0.5) is 0 Å². The largest absolute Gasteiger partial charge is 0.390 e. The van der Waals surface area contributed by atoms with Gasteiger partial charge in [0, 0.05) is 45.3 Å². The number of aliphatic hydroxyl groups is 1. The van der Waals surface area contributed by atoms with Gasteiger partial charge in [0.15, 0.2) is 0 Å². The van der Waals surface area contributed by atoms with Gasteiger partial charge < -0.3 is 10.8 Å². The Morgan fingerprint density at radius 2 is 1.32 bits per heavy atom. The first-order valence-electron chi connectivity index (χ1n) is 9.17. The summed E-state index contributed by atoms with van der Waals surface area (Å²) in [4.78, 5) is 4.80. The van der Waals surface area contributed by atoms with Gasteiger partial charge in [0.25, 0.3) is 0 Å². The fraction of sp³-hybridized carbons (Fsp3) is 0.429. The molecule has 0 amide bonds. The van der Waals surface area contributed by atoms with E-state index in [9.17, 15) is 5.11 Å². The van der Waals surface area contributed by atoms with Gasteiger partial charge >= 0.3 is 0 Å². The number of rotatable bonds is 7. The SMILES string of the molecule is NC(Cc1ccccc1)C(O)CN1CCN(Cc2ccccc2)CC1. The predicted molar refractivity (Wildman–Crippen MR) is 102 cm³/mol. The maximum Gasteiger partial charge on any atom is 0.0820 e. The number of benzene rings is 2. The third-order valence-corrected chi connectivity index (χ3v) is 4.97. The zero-order valence-electron chi connectivity index (χ0n) is 14.8. The molecular formula is C21H29N3O. The first kappa shape index (κ1) is 18.1. The van der Waals surface area contributed by atoms with Crippen LogP contribution in [0.5, 0.6) is 0 Å². The maximum absolute atomic E-state index is 10.5. The Hall–Kier alpha value is -1.72. The van der Waals surface area contributed by atoms with Gasteiger partial charge in [-0.05, 0) is 17.5 Å². The van der Waals surface area contributed by atoms with Crippen LogP contribution in [0.1, 0.15) is 11.1 Å². The Morgan fingerprint density at radius 1 is 0.800 bits per heavy atom. The molecule has 1 fully saturated rings. The number of nitrogens with zero attached hydrogens (tertiary/aromatic N) is 2. The lowest BCUT2D eigenvalue weighted by atomic mass is 10.0. The van der Waals surface area contributed by atoms with Crippen molar-refractivity contribution in [2.45, 2.75) is 25.1 Å². The highest BCUT2D eigenvalue weighted by Gasteiger charge is 2.22. The molecule has 1 aliphatic heterocycles. The molecule has 0 saturated carbocycles. The van der Waals surface area contributed by atoms with Crippen molar-refractivity contribution in [3.05, 3.63) is 71.8 Å². The van der Waals surface area contributed by atoms with Gasteiger partial charge in [-0.1, -0.05) is 60.7 Å². The summed E-state index contributed by atoms with van der Waals surface area (Å²) >= 11 is 0. The van der Waals surface area contributed by atoms with Gasteiger partial charge in [0.1, 0.15) is 0 Å². The van der Waals surface area contributed by atoms with Crippen LogP contribution in [0.3, 0.4) is 0 Å². The second-order valence-corrected chi connectivity index (χ2v) is 6.98. The minimum Gasteiger partial charge on any atom is -0.390 e. The highest BCUT2D eigenvalue weighted by Crippen LogP contribution is 2.10. The summed E-state index contributed by atoms with van der Waals surface area (Å²) in [6.45, 7) is 5.72. The van der Waals surface area contributed by atoms with Crippen molar-refractivity contribution in [1.29, 1.82) is 0 Å². The molecule has 0 aromatic heterocycles. The van der Waals surface area contributed by atoms with E-state index in [0.717, 1.165) is 39.1 Å². The Balaban J connectivity index is 1.40. The normalized spacial score (nSPS) is 18.8. The van der Waals surface area contributed by atoms with Crippen LogP contribution >= 0.6 is 0 Å². The Morgan fingerprint density at radius 3 is 1.92 bits per heavy atom. The molecule has 0 aliphatic carbocycles. The molecule has 1 saturated heterocycles. The fourth-order valence-electron chi connectivity index (χ4n) is 3.39. The van der Waals surface area contributed by atoms with Crippen LogP contribution < -0.4 is 5.73 Å². The second-order valence-electron chi connectivity index (χ2n) is 6.98. The Kier molecular flexibility index (Phi) is 6.59. The number of β-amino-alcohol motifs (C(OH)–C–C–N with tert-alkyl or cyclic N) is 1. The molecule has 1 aliphatic rings. The average molecular weight is 339 g/mol. The zero-order valence-corrected chi connectivity index (χ0v) is 14.8. The van der Waals surface area contributed by atoms with Crippen LogP contribution in [0, 0.1) is 0 Å². The van der Waals surface area contributed by atoms with Crippen molar-refractivity contribution >= 4 is 0 Å². The number of piperazine rings is 1. The maximum atomic E-state index is 10.5. The summed E-state index contributed by atoms with van der Waals surface area (Å²) in [6, 6.07) is 20.5. The molecule has 4 heteroatoms. The van der Waals surface area contributed by atoms with Crippen molar-refractivity contribution in [1.82, 2.24) is 9.80 Å². The van der Waals surface area contributed by atoms with Gasteiger partial charge in [-0.2, -0.15) is 0 Å². The number of nitrogens with two attached hydrogens (primary N) is 1. The molecule has 3 rings (SSSR count). The molecule has 3 N–H and O–H groups in total. The summed E-state index contributed by atoms with van der Waals surface area (Å²) in [5, 5.41) is 10.5. The van der Waals surface area contributed by atoms with E-state index in [1.54, 1.807) is 0 Å². The number of aliphatic hydroxyl groups excluding tert-OH is 1. The average Bonchev–Trinajstić information content (AvgIpc) is 2.65. The molecule has 2 aromatic rings. The van der Waals surface area contributed by atoms with Gasteiger partial charge in [0.05, 0.1) is 6.10 Å². The van der Waals surface area contributed by atoms with Crippen molar-refractivity contribution in [2.24, 2.45) is 5.73 Å². The Bertz CT molecular complexity index is 612. The molecule has 0 radical (unpaired) electrons. The van der Waals surface area contributed by atoms with Crippen LogP contribution in [0.15, 0.2) is 60.7 Å². The van der Waals surface area contributed by atoms with E-state index in [0.29, 0.717) is 6.54 Å². The van der Waals surface area contributed by atoms with Crippen molar-refractivity contribution in [2.75, 3.05) is 32.7 Å². The van der Waals surface area contributed by atoms with Gasteiger partial charge in [-0.15, -0.1) is 0 Å². The molecule has 4 nitrogen and oxygen atoms in total. The third kappa shape index (κ3) is 5.65. The lowest BCUT2D eigenvalue weighted by Gasteiger charge is -2.36. The van der Waals surface area contributed by atoms with Crippen LogP contribution in [0.2, 0.25) is 0 Å². The molecule has 25 heavy (non-hydrogen) atoms. The van der Waals surface area contributed by atoms with Gasteiger partial charge in [0.2, 0.25) is 0 Å². The molecule has 2 unspecified atom stereocenters. The standard InChI is InChI=1S/C21H29N3O/c22-20(15-18-7-3-1-4-8-18)21(25)17-24-13-11-23(12-14-24)16-19-9-5-2-6-10-19/h1-10,20-21,25H,11-17,22H2. The number of hydrogen-bond acceptors (Lipinski definition) is 4. The van der Waals surface area contributed by atoms with E-state index < -0.39 is 6.10 Å². The minimum absolute atomic E-state index is 0.218. The quantitative estimate of drug-likeness (QED) is 0.807. The first-order chi connectivity index (χ1) is 12.2. The number of hydrogen-bond donors (Lipinski definition) is 2. The molecule has 134 valence electrons. The summed E-state index contributed by atoms with van der Waals surface area (Å²) in [7, 11) is 0. The fourth-order valence-corrected chi connectivity index (χ4v) is 3.39. The van der Waals surface area contributed by atoms with Crippen molar-refractivity contribution < 1.29 is 5.11 Å². The van der Waals surface area contributed by atoms with Crippen molar-refractivity contribution in [3.63, 3.8) is 0 Å². The lowest BCUT2D eigenvalue weighted by molar-refractivity contribution is 0.0579. The molecule has 2 atom stereocenters. The van der Waals surface area contributed by atoms with Crippen LogP contribution in [0.25, 0.3) is 0 Å². The zero-order chi connectivity index (χ0) is 17.5. The molecule has 0 spiro atoms. The van der Waals surface area contributed by atoms with E-state index >= 15 is 0 Å². The van der Waals surface area contributed by atoms with E-state index in [2.05, 4.69) is 52.3 Å². The monoisotopic (exact) mass is 339 g/mol. The summed E-state index contributed by atoms with van der Waals surface area (Å²) in [5.41, 5.74) is 8.75. The van der Waals surface area contributed by atoms with Gasteiger partial charge in [-0.25, -0.2) is 0 Å². The molecule has 0 bridgehead atoms. The van der Waals surface area contributed by atoms with Gasteiger partial charge in [-0.3, -0.25) is 9.80 Å². The summed E-state index contributed by atoms with van der Waals surface area (Å²) in [5.74, 6) is 0. The smallest absolute Gasteiger partial charge is 0.0820 e. The highest BCUT2D eigenvalue weighted by atomic mass is 16.3. The minimum atomic E-state index is -0.485. The van der Waals surface area contributed by atoms with E-state index in [1.807, 2.05) is 18.2 Å². The summed E-state index contributed by atoms with van der Waals surface area (Å²) < 4.78 is 0. The van der Waals surface area contributed by atoms with Crippen LogP contribution in [-0.4, -0.2) is 59.8 Å². The van der Waals surface area contributed by atoms with E-state index in [1.165, 1.54) is 11.1 Å². The molecule has 2 aromatic carbocycles. The summed E-state index contributed by atoms with van der Waals surface area (Å²) in [6.07, 6.45) is 0.233. The molecule has 1 heterocycles. The van der Waals surface area contributed by atoms with E-state index in [-0.39, 0.29) is 6.04 Å². The van der Waals surface area contributed by atoms with E-state index in [4.69, 9.17) is 5.73 Å².